The number of hydrogen-bond acceptors (Lipinski definition) is 7. The van der Waals surface area contributed by atoms with Crippen molar-refractivity contribution in [3.05, 3.63) is 59.7 Å². The average Bonchev–Trinajstić information content (AvgIpc) is 2.74. The number of rotatable bonds is 4. The van der Waals surface area contributed by atoms with Crippen molar-refractivity contribution in [2.75, 3.05) is 12.0 Å². The normalized spacial score (nSPS) is 21.1. The van der Waals surface area contributed by atoms with Gasteiger partial charge in [-0.15, -0.1) is 0 Å². The van der Waals surface area contributed by atoms with Gasteiger partial charge in [-0.25, -0.2) is 18.8 Å². The second kappa shape index (κ2) is 7.88. The van der Waals surface area contributed by atoms with Gasteiger partial charge in [-0.1, -0.05) is 18.7 Å². The molecule has 3 heterocycles. The number of benzene rings is 1. The fraction of sp³-hybridized carbons (Fsp3) is 0.238. The molecule has 6 nitrogen and oxygen atoms in total. The zero-order chi connectivity index (χ0) is 21.3. The molecule has 0 spiro atoms. The van der Waals surface area contributed by atoms with Crippen molar-refractivity contribution >= 4 is 39.3 Å². The maximum absolute atomic E-state index is 14.7. The van der Waals surface area contributed by atoms with Crippen molar-refractivity contribution in [3.8, 4) is 6.07 Å². The van der Waals surface area contributed by atoms with Gasteiger partial charge in [0.05, 0.1) is 5.56 Å². The molecule has 0 radical (unpaired) electrons. The van der Waals surface area contributed by atoms with Crippen LogP contribution in [0.25, 0.3) is 10.9 Å². The number of pyridine rings is 2. The molecule has 0 saturated heterocycles. The van der Waals surface area contributed by atoms with E-state index in [1.807, 2.05) is 6.92 Å². The zero-order valence-corrected chi connectivity index (χ0v) is 16.9. The third-order valence-electron chi connectivity index (χ3n) is 4.95. The van der Waals surface area contributed by atoms with Gasteiger partial charge in [0.1, 0.15) is 29.6 Å². The Kier molecular flexibility index (Phi) is 5.26. The van der Waals surface area contributed by atoms with Crippen molar-refractivity contribution < 1.29 is 8.78 Å². The van der Waals surface area contributed by atoms with Crippen LogP contribution >= 0.6 is 11.8 Å². The van der Waals surface area contributed by atoms with Gasteiger partial charge < -0.3 is 11.1 Å². The zero-order valence-electron chi connectivity index (χ0n) is 16.1. The van der Waals surface area contributed by atoms with E-state index in [1.54, 1.807) is 30.5 Å². The third-order valence-corrected chi connectivity index (χ3v) is 5.85. The van der Waals surface area contributed by atoms with Crippen LogP contribution in [0.4, 0.5) is 20.3 Å². The number of nitriles is 1. The van der Waals surface area contributed by atoms with Crippen molar-refractivity contribution in [1.82, 2.24) is 9.97 Å². The van der Waals surface area contributed by atoms with E-state index in [0.29, 0.717) is 29.0 Å². The Morgan fingerprint density at radius 1 is 1.33 bits per heavy atom. The SMILES string of the molecule is C[C@@H]1C[C@@](CF)(c2cc(Nc3nccc4cc(C#N)cnc34)ccc2F)N=C(N)S1. The van der Waals surface area contributed by atoms with E-state index in [0.717, 1.165) is 5.39 Å². The summed E-state index contributed by atoms with van der Waals surface area (Å²) in [5.74, 6) is -0.101. The van der Waals surface area contributed by atoms with Crippen LogP contribution < -0.4 is 11.1 Å². The quantitative estimate of drug-likeness (QED) is 0.644. The standard InChI is InChI=1S/C21H18F2N6S/c1-12-8-21(11-22,29-20(25)30-12)16-7-15(2-3-17(16)23)28-19-18-14(4-5-26-19)6-13(9-24)10-27-18/h2-7,10,12H,8,11H2,1H3,(H2,25,29)(H,26,28)/t12-,21-/m1/s1. The molecular formula is C21H18F2N6S. The fourth-order valence-corrected chi connectivity index (χ4v) is 4.64. The Morgan fingerprint density at radius 3 is 2.90 bits per heavy atom. The van der Waals surface area contributed by atoms with Crippen molar-refractivity contribution in [2.45, 2.75) is 24.1 Å². The number of thioether (sulfide) groups is 1. The number of amidine groups is 1. The van der Waals surface area contributed by atoms with Gasteiger partial charge in [0.15, 0.2) is 11.0 Å². The van der Waals surface area contributed by atoms with Gasteiger partial charge in [-0.05, 0) is 36.8 Å². The van der Waals surface area contributed by atoms with Gasteiger partial charge in [-0.3, -0.25) is 4.98 Å². The Bertz CT molecular complexity index is 1190. The maximum atomic E-state index is 14.7. The Morgan fingerprint density at radius 2 is 2.17 bits per heavy atom. The minimum Gasteiger partial charge on any atom is -0.379 e. The monoisotopic (exact) mass is 424 g/mol. The lowest BCUT2D eigenvalue weighted by atomic mass is 9.86. The van der Waals surface area contributed by atoms with Gasteiger partial charge in [0, 0.05) is 34.3 Å². The van der Waals surface area contributed by atoms with Crippen LogP contribution in [0, 0.1) is 17.1 Å². The number of aliphatic imine (C=N–C) groups is 1. The highest BCUT2D eigenvalue weighted by Gasteiger charge is 2.40. The second-order valence-corrected chi connectivity index (χ2v) is 8.59. The molecule has 1 aliphatic rings. The molecule has 0 aliphatic carbocycles. The van der Waals surface area contributed by atoms with Gasteiger partial charge >= 0.3 is 0 Å². The molecule has 2 atom stereocenters. The molecule has 0 amide bonds. The molecule has 2 aromatic heterocycles. The molecule has 4 rings (SSSR count). The molecule has 152 valence electrons. The van der Waals surface area contributed by atoms with Crippen LogP contribution in [0.2, 0.25) is 0 Å². The van der Waals surface area contributed by atoms with E-state index in [9.17, 15) is 8.78 Å². The van der Waals surface area contributed by atoms with Crippen molar-refractivity contribution in [2.24, 2.45) is 10.7 Å². The minimum absolute atomic E-state index is 0.00697. The van der Waals surface area contributed by atoms with E-state index in [2.05, 4.69) is 26.3 Å². The van der Waals surface area contributed by atoms with E-state index in [4.69, 9.17) is 11.0 Å². The minimum atomic E-state index is -1.36. The molecule has 3 aromatic rings. The molecular weight excluding hydrogens is 406 g/mol. The summed E-state index contributed by atoms with van der Waals surface area (Å²) in [7, 11) is 0. The van der Waals surface area contributed by atoms with Crippen LogP contribution in [-0.4, -0.2) is 27.1 Å². The van der Waals surface area contributed by atoms with Gasteiger partial charge in [0.25, 0.3) is 0 Å². The maximum Gasteiger partial charge on any atom is 0.156 e. The number of nitrogens with zero attached hydrogens (tertiary/aromatic N) is 4. The Labute approximate surface area is 176 Å². The molecule has 0 saturated carbocycles. The summed E-state index contributed by atoms with van der Waals surface area (Å²) in [6, 6.07) is 9.87. The predicted octanol–water partition coefficient (Wildman–Crippen LogP) is 4.39. The van der Waals surface area contributed by atoms with E-state index < -0.39 is 18.0 Å². The smallest absolute Gasteiger partial charge is 0.156 e. The average molecular weight is 424 g/mol. The van der Waals surface area contributed by atoms with Gasteiger partial charge in [-0.2, -0.15) is 5.26 Å². The fourth-order valence-electron chi connectivity index (χ4n) is 3.64. The number of aromatic nitrogens is 2. The summed E-state index contributed by atoms with van der Waals surface area (Å²) in [5.41, 5.74) is 6.18. The number of alkyl halides is 1. The molecule has 30 heavy (non-hydrogen) atoms. The van der Waals surface area contributed by atoms with Crippen molar-refractivity contribution in [3.63, 3.8) is 0 Å². The second-order valence-electron chi connectivity index (χ2n) is 7.13. The van der Waals surface area contributed by atoms with Crippen molar-refractivity contribution in [1.29, 1.82) is 5.26 Å². The van der Waals surface area contributed by atoms with Crippen LogP contribution in [0.1, 0.15) is 24.5 Å². The molecule has 0 fully saturated rings. The summed E-state index contributed by atoms with van der Waals surface area (Å²) in [4.78, 5) is 12.9. The van der Waals surface area contributed by atoms with Crippen LogP contribution in [0.3, 0.4) is 0 Å². The lowest BCUT2D eigenvalue weighted by Crippen LogP contribution is -2.37. The summed E-state index contributed by atoms with van der Waals surface area (Å²) >= 11 is 1.35. The summed E-state index contributed by atoms with van der Waals surface area (Å²) in [5, 5.41) is 13.2. The topological polar surface area (TPSA) is 100.0 Å². The number of nitrogens with one attached hydrogen (secondary N) is 1. The number of anilines is 2. The van der Waals surface area contributed by atoms with E-state index in [-0.39, 0.29) is 16.0 Å². The van der Waals surface area contributed by atoms with Crippen LogP contribution in [0.15, 0.2) is 47.7 Å². The van der Waals surface area contributed by atoms with Gasteiger partial charge in [0.2, 0.25) is 0 Å². The van der Waals surface area contributed by atoms with Crippen LogP contribution in [0.5, 0.6) is 0 Å². The molecule has 9 heteroatoms. The molecule has 1 aliphatic heterocycles. The number of nitrogens with two attached hydrogens (primary N) is 1. The Balaban J connectivity index is 1.75. The lowest BCUT2D eigenvalue weighted by Gasteiger charge is -2.34. The summed E-state index contributed by atoms with van der Waals surface area (Å²) in [6.45, 7) is 1.06. The first kappa shape index (κ1) is 20.0. The van der Waals surface area contributed by atoms with E-state index >= 15 is 0 Å². The summed E-state index contributed by atoms with van der Waals surface area (Å²) in [6.07, 6.45) is 3.38. The molecule has 1 aromatic carbocycles. The number of fused-ring (bicyclic) bond motifs is 1. The third kappa shape index (κ3) is 3.66. The molecule has 0 bridgehead atoms. The molecule has 0 unspecified atom stereocenters. The van der Waals surface area contributed by atoms with E-state index in [1.165, 1.54) is 24.0 Å². The first-order valence-electron chi connectivity index (χ1n) is 9.24. The first-order chi connectivity index (χ1) is 14.4. The summed E-state index contributed by atoms with van der Waals surface area (Å²) < 4.78 is 28.9. The Hall–Kier alpha value is -3.25. The van der Waals surface area contributed by atoms with Crippen LogP contribution in [-0.2, 0) is 5.54 Å². The number of hydrogen-bond donors (Lipinski definition) is 2. The number of halogens is 2. The highest BCUT2D eigenvalue weighted by Crippen LogP contribution is 2.41. The largest absolute Gasteiger partial charge is 0.379 e. The molecule has 3 N–H and O–H groups in total. The highest BCUT2D eigenvalue weighted by atomic mass is 32.2. The first-order valence-corrected chi connectivity index (χ1v) is 10.1. The predicted molar refractivity (Wildman–Crippen MR) is 115 cm³/mol. The lowest BCUT2D eigenvalue weighted by molar-refractivity contribution is 0.287. The highest BCUT2D eigenvalue weighted by molar-refractivity contribution is 8.14.